The van der Waals surface area contributed by atoms with Crippen LogP contribution < -0.4 is 20.8 Å². The number of halogens is 1. The van der Waals surface area contributed by atoms with Gasteiger partial charge in [-0.15, -0.1) is 0 Å². The van der Waals surface area contributed by atoms with Gasteiger partial charge in [-0.2, -0.15) is 0 Å². The van der Waals surface area contributed by atoms with Crippen LogP contribution in [-0.4, -0.2) is 41.9 Å². The van der Waals surface area contributed by atoms with E-state index in [1.54, 1.807) is 4.57 Å². The predicted molar refractivity (Wildman–Crippen MR) is 109 cm³/mol. The molecule has 4 rings (SSSR count). The van der Waals surface area contributed by atoms with E-state index in [0.717, 1.165) is 12.8 Å². The molecular formula is C21H26FN3O4. The highest BCUT2D eigenvalue weighted by Gasteiger charge is 2.40. The lowest BCUT2D eigenvalue weighted by molar-refractivity contribution is 0.0695. The molecule has 3 N–H and O–H groups in total. The Hall–Kier alpha value is -2.61. The van der Waals surface area contributed by atoms with Crippen LogP contribution in [0, 0.1) is 18.2 Å². The molecule has 2 fully saturated rings. The maximum Gasteiger partial charge on any atom is 0.341 e. The number of aromatic nitrogens is 1. The third-order valence-electron chi connectivity index (χ3n) is 6.29. The number of anilines is 1. The van der Waals surface area contributed by atoms with Crippen molar-refractivity contribution in [3.05, 3.63) is 33.4 Å². The molecule has 1 saturated heterocycles. The molecule has 29 heavy (non-hydrogen) atoms. The van der Waals surface area contributed by atoms with Gasteiger partial charge >= 0.3 is 5.97 Å². The van der Waals surface area contributed by atoms with Crippen LogP contribution in [0.3, 0.4) is 0 Å². The van der Waals surface area contributed by atoms with E-state index in [1.165, 1.54) is 20.2 Å². The van der Waals surface area contributed by atoms with Crippen molar-refractivity contribution >= 4 is 22.6 Å². The number of hydrogen-bond acceptors (Lipinski definition) is 5. The van der Waals surface area contributed by atoms with Crippen LogP contribution in [0.5, 0.6) is 5.75 Å². The summed E-state index contributed by atoms with van der Waals surface area (Å²) in [6.45, 7) is 6.61. The van der Waals surface area contributed by atoms with E-state index >= 15 is 4.39 Å². The second-order valence-electron chi connectivity index (χ2n) is 8.84. The molecule has 0 unspecified atom stereocenters. The van der Waals surface area contributed by atoms with Crippen molar-refractivity contribution in [2.45, 2.75) is 45.7 Å². The van der Waals surface area contributed by atoms with Gasteiger partial charge in [-0.05, 0) is 25.2 Å². The van der Waals surface area contributed by atoms with E-state index in [2.05, 4.69) is 0 Å². The van der Waals surface area contributed by atoms with Gasteiger partial charge < -0.3 is 25.0 Å². The molecule has 1 saturated carbocycles. The number of methoxy groups -OCH3 is 1. The van der Waals surface area contributed by atoms with Crippen LogP contribution in [-0.2, 0) is 0 Å². The minimum absolute atomic E-state index is 0.0673. The van der Waals surface area contributed by atoms with Crippen molar-refractivity contribution in [3.8, 4) is 5.75 Å². The molecule has 1 aromatic heterocycles. The van der Waals surface area contributed by atoms with E-state index in [1.807, 2.05) is 18.7 Å². The number of rotatable bonds is 4. The predicted octanol–water partition coefficient (Wildman–Crippen LogP) is 2.66. The minimum Gasteiger partial charge on any atom is -0.492 e. The molecule has 1 aliphatic carbocycles. The molecule has 0 bridgehead atoms. The fraction of sp³-hybridized carbons (Fsp3) is 0.524. The summed E-state index contributed by atoms with van der Waals surface area (Å²) in [4.78, 5) is 26.5. The zero-order valence-corrected chi connectivity index (χ0v) is 17.1. The molecule has 0 spiro atoms. The highest BCUT2D eigenvalue weighted by Crippen LogP contribution is 2.46. The number of nitrogens with two attached hydrogens (primary N) is 1. The second-order valence-corrected chi connectivity index (χ2v) is 8.84. The quantitative estimate of drug-likeness (QED) is 0.815. The molecule has 2 heterocycles. The first kappa shape index (κ1) is 19.7. The van der Waals surface area contributed by atoms with E-state index in [0.29, 0.717) is 18.6 Å². The van der Waals surface area contributed by atoms with Crippen LogP contribution in [0.15, 0.2) is 11.0 Å². The van der Waals surface area contributed by atoms with Gasteiger partial charge in [0.2, 0.25) is 5.43 Å². The Morgan fingerprint density at radius 3 is 2.52 bits per heavy atom. The Morgan fingerprint density at radius 2 is 2.03 bits per heavy atom. The Morgan fingerprint density at radius 1 is 1.38 bits per heavy atom. The zero-order chi connectivity index (χ0) is 21.2. The molecule has 1 aromatic carbocycles. The molecule has 0 amide bonds. The summed E-state index contributed by atoms with van der Waals surface area (Å²) >= 11 is 0. The molecule has 0 radical (unpaired) electrons. The topological polar surface area (TPSA) is 97.8 Å². The summed E-state index contributed by atoms with van der Waals surface area (Å²) in [5, 5.41) is 9.56. The van der Waals surface area contributed by atoms with Crippen molar-refractivity contribution in [2.24, 2.45) is 11.1 Å². The summed E-state index contributed by atoms with van der Waals surface area (Å²) < 4.78 is 23.0. The Kier molecular flexibility index (Phi) is 4.38. The summed E-state index contributed by atoms with van der Waals surface area (Å²) in [5.41, 5.74) is 5.90. The van der Waals surface area contributed by atoms with E-state index in [9.17, 15) is 14.7 Å². The Labute approximate surface area is 167 Å². The van der Waals surface area contributed by atoms with Crippen LogP contribution in [0.1, 0.15) is 48.7 Å². The number of carboxylic acid groups (broad SMARTS) is 1. The number of aryl methyl sites for hydroxylation is 1. The third-order valence-corrected chi connectivity index (χ3v) is 6.29. The summed E-state index contributed by atoms with van der Waals surface area (Å²) in [6, 6.07) is -0.0669. The van der Waals surface area contributed by atoms with Gasteiger partial charge in [-0.1, -0.05) is 13.8 Å². The molecule has 2 aliphatic rings. The number of carbonyl (C=O) groups is 1. The van der Waals surface area contributed by atoms with Crippen molar-refractivity contribution in [1.29, 1.82) is 0 Å². The van der Waals surface area contributed by atoms with Crippen LogP contribution in [0.2, 0.25) is 0 Å². The molecule has 156 valence electrons. The molecular weight excluding hydrogens is 377 g/mol. The minimum atomic E-state index is -1.32. The van der Waals surface area contributed by atoms with Crippen LogP contribution >= 0.6 is 0 Å². The smallest absolute Gasteiger partial charge is 0.341 e. The number of hydrogen-bond donors (Lipinski definition) is 2. The lowest BCUT2D eigenvalue weighted by atomic mass is 9.89. The highest BCUT2D eigenvalue weighted by atomic mass is 19.1. The van der Waals surface area contributed by atoms with Gasteiger partial charge in [0.25, 0.3) is 0 Å². The Balaban J connectivity index is 2.09. The van der Waals surface area contributed by atoms with Crippen molar-refractivity contribution in [2.75, 3.05) is 25.1 Å². The van der Waals surface area contributed by atoms with Crippen molar-refractivity contribution < 1.29 is 19.0 Å². The van der Waals surface area contributed by atoms with Gasteiger partial charge in [0.05, 0.1) is 18.0 Å². The number of carboxylic acids is 1. The number of pyridine rings is 1. The lowest BCUT2D eigenvalue weighted by Crippen LogP contribution is -2.35. The standard InChI is InChI=1S/C21H26FN3O4/c1-10-14-16(25(11-5-6-11)7-12(18(14)26)20(27)28)19(29-4)17(15(10)22)24-8-13(23)21(2,3)9-24/h7,11,13H,5-6,8-9,23H2,1-4H3,(H,27,28)/t13-/m0/s1. The fourth-order valence-corrected chi connectivity index (χ4v) is 4.31. The van der Waals surface area contributed by atoms with Gasteiger partial charge in [0.1, 0.15) is 11.3 Å². The molecule has 1 aliphatic heterocycles. The van der Waals surface area contributed by atoms with Crippen LogP contribution in [0.4, 0.5) is 10.1 Å². The van der Waals surface area contributed by atoms with Crippen LogP contribution in [0.25, 0.3) is 10.9 Å². The molecule has 8 heteroatoms. The SMILES string of the molecule is COc1c(N2C[C@H](N)C(C)(C)C2)c(F)c(C)c2c(=O)c(C(=O)O)cn(C3CC3)c12. The first-order valence-electron chi connectivity index (χ1n) is 9.77. The summed E-state index contributed by atoms with van der Waals surface area (Å²) in [5.74, 6) is -1.63. The average molecular weight is 403 g/mol. The van der Waals surface area contributed by atoms with Gasteiger partial charge in [0, 0.05) is 36.9 Å². The normalized spacial score (nSPS) is 21.0. The van der Waals surface area contributed by atoms with E-state index in [4.69, 9.17) is 10.5 Å². The zero-order valence-electron chi connectivity index (χ0n) is 17.1. The summed E-state index contributed by atoms with van der Waals surface area (Å²) in [7, 11) is 1.45. The first-order valence-corrected chi connectivity index (χ1v) is 9.77. The lowest BCUT2D eigenvalue weighted by Gasteiger charge is -2.27. The second kappa shape index (κ2) is 6.45. The average Bonchev–Trinajstić information content (AvgIpc) is 3.44. The van der Waals surface area contributed by atoms with Crippen molar-refractivity contribution in [3.63, 3.8) is 0 Å². The number of aromatic carboxylic acids is 1. The highest BCUT2D eigenvalue weighted by molar-refractivity contribution is 5.99. The maximum absolute atomic E-state index is 15.6. The monoisotopic (exact) mass is 403 g/mol. The maximum atomic E-state index is 15.6. The van der Waals surface area contributed by atoms with Gasteiger partial charge in [-0.3, -0.25) is 4.79 Å². The van der Waals surface area contributed by atoms with E-state index in [-0.39, 0.29) is 45.4 Å². The van der Waals surface area contributed by atoms with Gasteiger partial charge in [0.15, 0.2) is 11.6 Å². The summed E-state index contributed by atoms with van der Waals surface area (Å²) in [6.07, 6.45) is 3.11. The number of fused-ring (bicyclic) bond motifs is 1. The molecule has 7 nitrogen and oxygen atoms in total. The molecule has 1 atom stereocenters. The first-order chi connectivity index (χ1) is 13.6. The van der Waals surface area contributed by atoms with Gasteiger partial charge in [-0.25, -0.2) is 9.18 Å². The van der Waals surface area contributed by atoms with E-state index < -0.39 is 17.2 Å². The van der Waals surface area contributed by atoms with Crippen molar-refractivity contribution in [1.82, 2.24) is 4.57 Å². The fourth-order valence-electron chi connectivity index (χ4n) is 4.31. The number of benzene rings is 1. The third kappa shape index (κ3) is 2.88. The number of ether oxygens (including phenoxy) is 1. The Bertz CT molecular complexity index is 1090. The molecule has 2 aromatic rings. The largest absolute Gasteiger partial charge is 0.492 e. The number of nitrogens with zero attached hydrogens (tertiary/aromatic N) is 2.